The highest BCUT2D eigenvalue weighted by Gasteiger charge is 2.71. The molecule has 1 N–H and O–H groups in total. The van der Waals surface area contributed by atoms with Crippen molar-refractivity contribution in [3.8, 4) is 0 Å². The normalized spacial score (nSPS) is 30.6. The molecule has 4 aliphatic heterocycles. The molecule has 1 spiro atoms. The van der Waals surface area contributed by atoms with E-state index in [2.05, 4.69) is 18.7 Å². The monoisotopic (exact) mass is 553 g/mol. The second-order valence-electron chi connectivity index (χ2n) is 11.2. The molecule has 39 heavy (non-hydrogen) atoms. The molecule has 0 aromatic heterocycles. The van der Waals surface area contributed by atoms with Gasteiger partial charge in [0, 0.05) is 36.3 Å². The lowest BCUT2D eigenvalue weighted by Gasteiger charge is -2.39. The Kier molecular flexibility index (Phi) is 7.84. The molecule has 4 aliphatic rings. The number of likely N-dealkylation sites (tertiary alicyclic amines) is 1. The topological polar surface area (TPSA) is 90.4 Å². The first kappa shape index (κ1) is 27.8. The van der Waals surface area contributed by atoms with E-state index in [1.807, 2.05) is 62.4 Å². The minimum atomic E-state index is -0.926. The molecule has 9 heteroatoms. The Labute approximate surface area is 235 Å². The summed E-state index contributed by atoms with van der Waals surface area (Å²) in [5.74, 6) is -2.04. The number of cyclic esters (lactones) is 1. The molecule has 210 valence electrons. The van der Waals surface area contributed by atoms with Crippen molar-refractivity contribution in [2.45, 2.75) is 56.2 Å². The van der Waals surface area contributed by atoms with Gasteiger partial charge in [-0.15, -0.1) is 11.8 Å². The van der Waals surface area contributed by atoms with Crippen LogP contribution >= 0.6 is 11.8 Å². The highest BCUT2D eigenvalue weighted by Crippen LogP contribution is 2.61. The molecule has 6 atom stereocenters. The fourth-order valence-electron chi connectivity index (χ4n) is 6.79. The summed E-state index contributed by atoms with van der Waals surface area (Å²) in [5, 5.41) is 10.2. The van der Waals surface area contributed by atoms with Crippen molar-refractivity contribution in [1.82, 2.24) is 4.90 Å². The molecule has 0 radical (unpaired) electrons. The first-order valence-corrected chi connectivity index (χ1v) is 14.9. The van der Waals surface area contributed by atoms with Gasteiger partial charge in [0.2, 0.25) is 5.91 Å². The van der Waals surface area contributed by atoms with Crippen LogP contribution in [0.2, 0.25) is 0 Å². The molecule has 2 saturated heterocycles. The largest absolute Gasteiger partial charge is 0.461 e. The van der Waals surface area contributed by atoms with Crippen LogP contribution in [-0.4, -0.2) is 82.7 Å². The van der Waals surface area contributed by atoms with Gasteiger partial charge < -0.3 is 24.5 Å². The van der Waals surface area contributed by atoms with Crippen molar-refractivity contribution in [2.24, 2.45) is 17.8 Å². The van der Waals surface area contributed by atoms with Crippen molar-refractivity contribution >= 4 is 40.9 Å². The Morgan fingerprint density at radius 1 is 1.10 bits per heavy atom. The number of thioether (sulfide) groups is 1. The van der Waals surface area contributed by atoms with Crippen LogP contribution in [0.15, 0.2) is 48.6 Å². The number of ether oxygens (including phenoxy) is 1. The van der Waals surface area contributed by atoms with Crippen LogP contribution in [0, 0.1) is 17.8 Å². The maximum atomic E-state index is 14.6. The predicted octanol–water partition coefficient (Wildman–Crippen LogP) is 3.25. The Balaban J connectivity index is 1.58. The van der Waals surface area contributed by atoms with Crippen molar-refractivity contribution in [3.63, 3.8) is 0 Å². The maximum Gasteiger partial charge on any atom is 0.311 e. The third-order valence-corrected chi connectivity index (χ3v) is 10.2. The smallest absolute Gasteiger partial charge is 0.311 e. The number of hydrogen-bond acceptors (Lipinski definition) is 7. The number of carbonyl (C=O) groups excluding carboxylic acids is 3. The summed E-state index contributed by atoms with van der Waals surface area (Å²) < 4.78 is 4.53. The summed E-state index contributed by atoms with van der Waals surface area (Å²) in [6, 6.07) is 6.60. The molecule has 0 bridgehead atoms. The van der Waals surface area contributed by atoms with Crippen molar-refractivity contribution in [1.29, 1.82) is 0 Å². The van der Waals surface area contributed by atoms with Gasteiger partial charge in [-0.1, -0.05) is 38.2 Å². The predicted molar refractivity (Wildman–Crippen MR) is 154 cm³/mol. The van der Waals surface area contributed by atoms with Gasteiger partial charge in [0.25, 0.3) is 5.91 Å². The van der Waals surface area contributed by atoms with Gasteiger partial charge in [0.1, 0.15) is 12.6 Å². The number of aliphatic hydroxyl groups is 1. The van der Waals surface area contributed by atoms with E-state index in [0.29, 0.717) is 13.0 Å². The van der Waals surface area contributed by atoms with Crippen LogP contribution in [-0.2, 0) is 19.1 Å². The standard InChI is InChI=1S/C30H39N3O5S/c1-5-31(6-2)20-10-12-21(13-11-20)32-15-8-14-30-25(24-23(39-30)9-7-16-38-29(24)37)27(35)33(26(30)28(32)36)22(18-34)17-19(3)4/h7-14,19,22-26,34H,5-6,15-18H2,1-4H3/t22-,23-,24+,25+,26?,30+/m1/s1. The lowest BCUT2D eigenvalue weighted by Crippen LogP contribution is -2.57. The minimum Gasteiger partial charge on any atom is -0.461 e. The number of aliphatic hydroxyl groups excluding tert-OH is 1. The van der Waals surface area contributed by atoms with Crippen LogP contribution < -0.4 is 9.80 Å². The molecule has 2 fully saturated rings. The fourth-order valence-corrected chi connectivity index (χ4v) is 8.77. The number of rotatable bonds is 8. The zero-order chi connectivity index (χ0) is 27.9. The number of nitrogens with zero attached hydrogens (tertiary/aromatic N) is 3. The van der Waals surface area contributed by atoms with E-state index in [4.69, 9.17) is 4.74 Å². The number of carbonyl (C=O) groups is 3. The SMILES string of the molecule is CCN(CC)c1ccc(N2CC=C[C@]34S[C@@H]5C=CCOC(=O)[C@@H]5[C@H]3C(=O)N([C@@H](CO)CC(C)C)C4C2=O)cc1. The first-order valence-electron chi connectivity index (χ1n) is 14.1. The van der Waals surface area contributed by atoms with Gasteiger partial charge in [0.05, 0.1) is 29.2 Å². The Morgan fingerprint density at radius 2 is 1.82 bits per heavy atom. The third kappa shape index (κ3) is 4.57. The highest BCUT2D eigenvalue weighted by atomic mass is 32.2. The summed E-state index contributed by atoms with van der Waals surface area (Å²) in [4.78, 5) is 47.6. The van der Waals surface area contributed by atoms with Crippen LogP contribution in [0.25, 0.3) is 0 Å². The average molecular weight is 554 g/mol. The fraction of sp³-hybridized carbons (Fsp3) is 0.567. The molecule has 2 amide bonds. The van der Waals surface area contributed by atoms with Crippen molar-refractivity contribution in [3.05, 3.63) is 48.6 Å². The summed E-state index contributed by atoms with van der Waals surface area (Å²) in [6.07, 6.45) is 8.29. The van der Waals surface area contributed by atoms with E-state index < -0.39 is 34.6 Å². The van der Waals surface area contributed by atoms with Crippen LogP contribution in [0.5, 0.6) is 0 Å². The van der Waals surface area contributed by atoms with Gasteiger partial charge in [0.15, 0.2) is 0 Å². The van der Waals surface area contributed by atoms with Gasteiger partial charge in [-0.2, -0.15) is 0 Å². The molecule has 1 aromatic carbocycles. The Hall–Kier alpha value is -2.78. The third-order valence-electron chi connectivity index (χ3n) is 8.49. The highest BCUT2D eigenvalue weighted by molar-refractivity contribution is 8.02. The number of fused-ring (bicyclic) bond motifs is 2. The summed E-state index contributed by atoms with van der Waals surface area (Å²) in [6.45, 7) is 10.4. The Morgan fingerprint density at radius 3 is 2.46 bits per heavy atom. The molecule has 0 saturated carbocycles. The zero-order valence-electron chi connectivity index (χ0n) is 23.2. The maximum absolute atomic E-state index is 14.6. The number of benzene rings is 1. The zero-order valence-corrected chi connectivity index (χ0v) is 24.0. The molecule has 0 aliphatic carbocycles. The number of anilines is 2. The molecule has 1 unspecified atom stereocenters. The van der Waals surface area contributed by atoms with E-state index in [0.717, 1.165) is 24.5 Å². The molecule has 8 nitrogen and oxygen atoms in total. The van der Waals surface area contributed by atoms with E-state index in [1.165, 1.54) is 11.8 Å². The molecule has 1 aromatic rings. The second-order valence-corrected chi connectivity index (χ2v) is 12.6. The molecule has 4 heterocycles. The Bertz CT molecular complexity index is 1160. The van der Waals surface area contributed by atoms with Crippen LogP contribution in [0.3, 0.4) is 0 Å². The molecular formula is C30H39N3O5S. The first-order chi connectivity index (χ1) is 18.8. The van der Waals surface area contributed by atoms with Gasteiger partial charge in [-0.3, -0.25) is 14.4 Å². The van der Waals surface area contributed by atoms with E-state index >= 15 is 0 Å². The van der Waals surface area contributed by atoms with E-state index in [1.54, 1.807) is 9.80 Å². The van der Waals surface area contributed by atoms with Crippen LogP contribution in [0.4, 0.5) is 11.4 Å². The van der Waals surface area contributed by atoms with Crippen molar-refractivity contribution in [2.75, 3.05) is 42.6 Å². The lowest BCUT2D eigenvalue weighted by atomic mass is 9.78. The summed E-state index contributed by atoms with van der Waals surface area (Å²) >= 11 is 1.52. The van der Waals surface area contributed by atoms with Crippen LogP contribution in [0.1, 0.15) is 34.1 Å². The average Bonchev–Trinajstić information content (AvgIpc) is 3.23. The number of amides is 2. The quantitative estimate of drug-likeness (QED) is 0.390. The second kappa shape index (κ2) is 11.0. The number of hydrogen-bond donors (Lipinski definition) is 1. The molecule has 5 rings (SSSR count). The van der Waals surface area contributed by atoms with E-state index in [9.17, 15) is 19.5 Å². The molecular weight excluding hydrogens is 514 g/mol. The number of esters is 1. The van der Waals surface area contributed by atoms with Gasteiger partial charge in [-0.05, 0) is 50.5 Å². The minimum absolute atomic E-state index is 0.185. The van der Waals surface area contributed by atoms with Gasteiger partial charge >= 0.3 is 5.97 Å². The lowest BCUT2D eigenvalue weighted by molar-refractivity contribution is -0.152. The van der Waals surface area contributed by atoms with Crippen molar-refractivity contribution < 1.29 is 24.2 Å². The summed E-state index contributed by atoms with van der Waals surface area (Å²) in [7, 11) is 0. The summed E-state index contributed by atoms with van der Waals surface area (Å²) in [5.41, 5.74) is 1.85. The van der Waals surface area contributed by atoms with E-state index in [-0.39, 0.29) is 36.2 Å². The van der Waals surface area contributed by atoms with Gasteiger partial charge in [-0.25, -0.2) is 0 Å².